The minimum absolute atomic E-state index is 0.534. The summed E-state index contributed by atoms with van der Waals surface area (Å²) < 4.78 is 0. The summed E-state index contributed by atoms with van der Waals surface area (Å²) in [5.74, 6) is 6.58. The summed E-state index contributed by atoms with van der Waals surface area (Å²) >= 11 is 0. The van der Waals surface area contributed by atoms with Crippen molar-refractivity contribution in [2.75, 3.05) is 10.7 Å². The van der Waals surface area contributed by atoms with Gasteiger partial charge in [-0.05, 0) is 26.0 Å². The van der Waals surface area contributed by atoms with Gasteiger partial charge in [0.25, 0.3) is 0 Å². The van der Waals surface area contributed by atoms with Crippen LogP contribution in [0.3, 0.4) is 0 Å². The quantitative estimate of drug-likeness (QED) is 0.555. The lowest BCUT2D eigenvalue weighted by Crippen LogP contribution is -2.13. The molecule has 0 radical (unpaired) electrons. The van der Waals surface area contributed by atoms with Crippen LogP contribution < -0.4 is 16.6 Å². The Morgan fingerprint density at radius 3 is 2.41 bits per heavy atom. The van der Waals surface area contributed by atoms with Gasteiger partial charge in [0.05, 0.1) is 0 Å². The standard InChI is InChI=1S/C12H15N5/c1-8-9(2)14-12(16-11(8)17-13)15-10-6-4-3-5-7-10/h3-7H,13H2,1-2H3,(H2,14,15,16,17). The number of hydrogen-bond donors (Lipinski definition) is 3. The lowest BCUT2D eigenvalue weighted by Gasteiger charge is -2.10. The zero-order valence-electron chi connectivity index (χ0n) is 9.86. The monoisotopic (exact) mass is 229 g/mol. The van der Waals surface area contributed by atoms with Crippen molar-refractivity contribution in [3.63, 3.8) is 0 Å². The van der Waals surface area contributed by atoms with Crippen LogP contribution in [0.1, 0.15) is 11.3 Å². The molecule has 2 rings (SSSR count). The topological polar surface area (TPSA) is 75.9 Å². The number of aryl methyl sites for hydroxylation is 1. The van der Waals surface area contributed by atoms with Crippen LogP contribution in [0.4, 0.5) is 17.5 Å². The Morgan fingerprint density at radius 2 is 1.76 bits per heavy atom. The Morgan fingerprint density at radius 1 is 1.06 bits per heavy atom. The largest absolute Gasteiger partial charge is 0.324 e. The van der Waals surface area contributed by atoms with E-state index in [4.69, 9.17) is 5.84 Å². The van der Waals surface area contributed by atoms with E-state index in [1.165, 1.54) is 0 Å². The van der Waals surface area contributed by atoms with Gasteiger partial charge in [0.2, 0.25) is 5.95 Å². The zero-order valence-corrected chi connectivity index (χ0v) is 9.86. The molecule has 0 bridgehead atoms. The van der Waals surface area contributed by atoms with Gasteiger partial charge < -0.3 is 10.7 Å². The number of para-hydroxylation sites is 1. The van der Waals surface area contributed by atoms with E-state index >= 15 is 0 Å². The highest BCUT2D eigenvalue weighted by atomic mass is 15.3. The predicted octanol–water partition coefficient (Wildman–Crippen LogP) is 2.12. The van der Waals surface area contributed by atoms with E-state index in [1.54, 1.807) is 0 Å². The van der Waals surface area contributed by atoms with Gasteiger partial charge in [-0.25, -0.2) is 10.8 Å². The van der Waals surface area contributed by atoms with Crippen LogP contribution in [-0.4, -0.2) is 9.97 Å². The van der Waals surface area contributed by atoms with Gasteiger partial charge in [0, 0.05) is 16.9 Å². The first-order chi connectivity index (χ1) is 8.20. The molecule has 1 heterocycles. The molecule has 0 unspecified atom stereocenters. The summed E-state index contributed by atoms with van der Waals surface area (Å²) in [6.45, 7) is 3.85. The van der Waals surface area contributed by atoms with Crippen molar-refractivity contribution in [2.24, 2.45) is 5.84 Å². The Bertz CT molecular complexity index is 510. The number of aromatic nitrogens is 2. The predicted molar refractivity (Wildman–Crippen MR) is 69.0 cm³/mol. The maximum Gasteiger partial charge on any atom is 0.229 e. The maximum atomic E-state index is 5.41. The molecule has 0 fully saturated rings. The Kier molecular flexibility index (Phi) is 3.20. The molecule has 5 nitrogen and oxygen atoms in total. The van der Waals surface area contributed by atoms with E-state index in [1.807, 2.05) is 44.2 Å². The summed E-state index contributed by atoms with van der Waals surface area (Å²) in [5.41, 5.74) is 5.36. The van der Waals surface area contributed by atoms with Gasteiger partial charge in [-0.15, -0.1) is 0 Å². The molecule has 0 amide bonds. The molecule has 0 aliphatic carbocycles. The van der Waals surface area contributed by atoms with Crippen LogP contribution in [0.2, 0.25) is 0 Å². The minimum atomic E-state index is 0.534. The van der Waals surface area contributed by atoms with E-state index in [-0.39, 0.29) is 0 Å². The Labute approximate surface area is 100 Å². The van der Waals surface area contributed by atoms with Gasteiger partial charge in [0.1, 0.15) is 5.82 Å². The molecule has 0 saturated heterocycles. The lowest BCUT2D eigenvalue weighted by atomic mass is 10.2. The van der Waals surface area contributed by atoms with Gasteiger partial charge in [0.15, 0.2) is 0 Å². The Balaban J connectivity index is 2.31. The third-order valence-electron chi connectivity index (χ3n) is 2.56. The third kappa shape index (κ3) is 2.51. The molecule has 5 heteroatoms. The second-order valence-electron chi connectivity index (χ2n) is 3.74. The average molecular weight is 229 g/mol. The molecule has 1 aromatic carbocycles. The average Bonchev–Trinajstić information content (AvgIpc) is 2.35. The molecule has 4 N–H and O–H groups in total. The fraction of sp³-hybridized carbons (Fsp3) is 0.167. The maximum absolute atomic E-state index is 5.41. The number of hydrogen-bond acceptors (Lipinski definition) is 5. The molecule has 0 atom stereocenters. The fourth-order valence-electron chi connectivity index (χ4n) is 1.48. The van der Waals surface area contributed by atoms with Crippen LogP contribution >= 0.6 is 0 Å². The number of nitrogen functional groups attached to an aromatic ring is 1. The van der Waals surface area contributed by atoms with Crippen LogP contribution in [0, 0.1) is 13.8 Å². The number of nitrogens with two attached hydrogens (primary N) is 1. The van der Waals surface area contributed by atoms with Gasteiger partial charge in [-0.3, -0.25) is 0 Å². The van der Waals surface area contributed by atoms with E-state index in [9.17, 15) is 0 Å². The molecule has 0 saturated carbocycles. The van der Waals surface area contributed by atoms with Gasteiger partial charge >= 0.3 is 0 Å². The molecule has 88 valence electrons. The molecule has 17 heavy (non-hydrogen) atoms. The number of benzene rings is 1. The third-order valence-corrected chi connectivity index (χ3v) is 2.56. The summed E-state index contributed by atoms with van der Waals surface area (Å²) in [5, 5.41) is 3.13. The first kappa shape index (κ1) is 11.3. The van der Waals surface area contributed by atoms with Crippen molar-refractivity contribution in [2.45, 2.75) is 13.8 Å². The molecular weight excluding hydrogens is 214 g/mol. The summed E-state index contributed by atoms with van der Waals surface area (Å²) in [6, 6.07) is 9.76. The molecule has 0 aliphatic heterocycles. The molecule has 1 aromatic heterocycles. The van der Waals surface area contributed by atoms with E-state index in [2.05, 4.69) is 20.7 Å². The highest BCUT2D eigenvalue weighted by Crippen LogP contribution is 2.18. The van der Waals surface area contributed by atoms with Gasteiger partial charge in [-0.1, -0.05) is 18.2 Å². The van der Waals surface area contributed by atoms with Crippen molar-refractivity contribution >= 4 is 17.5 Å². The van der Waals surface area contributed by atoms with Crippen molar-refractivity contribution in [1.29, 1.82) is 0 Å². The number of hydrazine groups is 1. The normalized spacial score (nSPS) is 10.1. The molecule has 2 aromatic rings. The fourth-order valence-corrected chi connectivity index (χ4v) is 1.48. The second-order valence-corrected chi connectivity index (χ2v) is 3.74. The van der Waals surface area contributed by atoms with Crippen LogP contribution in [0.25, 0.3) is 0 Å². The summed E-state index contributed by atoms with van der Waals surface area (Å²) in [7, 11) is 0. The highest BCUT2D eigenvalue weighted by Gasteiger charge is 2.06. The number of rotatable bonds is 3. The molecular formula is C12H15N5. The molecule has 0 spiro atoms. The highest BCUT2D eigenvalue weighted by molar-refractivity contribution is 5.56. The Hall–Kier alpha value is -2.14. The molecule has 0 aliphatic rings. The SMILES string of the molecule is Cc1nc(Nc2ccccc2)nc(NN)c1C. The van der Waals surface area contributed by atoms with Crippen molar-refractivity contribution in [3.8, 4) is 0 Å². The van der Waals surface area contributed by atoms with E-state index in [0.717, 1.165) is 16.9 Å². The number of nitrogens with one attached hydrogen (secondary N) is 2. The van der Waals surface area contributed by atoms with Crippen LogP contribution in [0.15, 0.2) is 30.3 Å². The first-order valence-electron chi connectivity index (χ1n) is 5.34. The van der Waals surface area contributed by atoms with E-state index < -0.39 is 0 Å². The van der Waals surface area contributed by atoms with Crippen molar-refractivity contribution in [1.82, 2.24) is 9.97 Å². The van der Waals surface area contributed by atoms with Crippen molar-refractivity contribution in [3.05, 3.63) is 41.6 Å². The number of nitrogens with zero attached hydrogens (tertiary/aromatic N) is 2. The number of anilines is 3. The lowest BCUT2D eigenvalue weighted by molar-refractivity contribution is 1.05. The van der Waals surface area contributed by atoms with E-state index in [0.29, 0.717) is 11.8 Å². The van der Waals surface area contributed by atoms with Crippen LogP contribution in [-0.2, 0) is 0 Å². The minimum Gasteiger partial charge on any atom is -0.324 e. The summed E-state index contributed by atoms with van der Waals surface area (Å²) in [4.78, 5) is 8.65. The second kappa shape index (κ2) is 4.80. The van der Waals surface area contributed by atoms with Gasteiger partial charge in [-0.2, -0.15) is 4.98 Å². The first-order valence-corrected chi connectivity index (χ1v) is 5.34. The van der Waals surface area contributed by atoms with Crippen molar-refractivity contribution < 1.29 is 0 Å². The van der Waals surface area contributed by atoms with Crippen LogP contribution in [0.5, 0.6) is 0 Å². The smallest absolute Gasteiger partial charge is 0.229 e. The zero-order chi connectivity index (χ0) is 12.3. The summed E-state index contributed by atoms with van der Waals surface area (Å²) in [6.07, 6.45) is 0.